The Hall–Kier alpha value is -0.970. The van der Waals surface area contributed by atoms with Gasteiger partial charge in [0.1, 0.15) is 5.60 Å². The largest absolute Gasteiger partial charge is 0.380 e. The summed E-state index contributed by atoms with van der Waals surface area (Å²) in [6.07, 6.45) is 2.16. The molecule has 0 amide bonds. The van der Waals surface area contributed by atoms with E-state index in [4.69, 9.17) is 16.3 Å². The highest BCUT2D eigenvalue weighted by molar-refractivity contribution is 6.29. The average molecular weight is 270 g/mol. The Bertz CT molecular complexity index is 524. The third-order valence-corrected chi connectivity index (χ3v) is 3.75. The molecule has 0 bridgehead atoms. The second-order valence-electron chi connectivity index (χ2n) is 4.98. The van der Waals surface area contributed by atoms with Gasteiger partial charge >= 0.3 is 0 Å². The van der Waals surface area contributed by atoms with Crippen molar-refractivity contribution in [1.82, 2.24) is 4.98 Å². The van der Waals surface area contributed by atoms with E-state index in [-0.39, 0.29) is 23.9 Å². The molecule has 1 N–H and O–H groups in total. The van der Waals surface area contributed by atoms with E-state index in [9.17, 15) is 9.50 Å². The van der Waals surface area contributed by atoms with E-state index < -0.39 is 11.4 Å². The first-order valence-electron chi connectivity index (χ1n) is 5.87. The summed E-state index contributed by atoms with van der Waals surface area (Å²) in [6.45, 7) is 4.13. The predicted molar refractivity (Wildman–Crippen MR) is 65.7 cm³/mol. The van der Waals surface area contributed by atoms with Crippen molar-refractivity contribution >= 4 is 17.2 Å². The monoisotopic (exact) mass is 269 g/mol. The van der Waals surface area contributed by atoms with Crippen LogP contribution in [0, 0.1) is 11.7 Å². The smallest absolute Gasteiger partial charge is 0.166 e. The molecule has 2 aliphatic rings. The Kier molecular flexibility index (Phi) is 2.70. The van der Waals surface area contributed by atoms with Crippen LogP contribution < -0.4 is 0 Å². The SMILES string of the molecule is C=C(c1cc(C2(O)COC2)c(F)c(Cl)n1)C1CC1. The summed E-state index contributed by atoms with van der Waals surface area (Å²) in [6, 6.07) is 1.55. The average Bonchev–Trinajstić information content (AvgIpc) is 3.12. The van der Waals surface area contributed by atoms with Gasteiger partial charge in [-0.15, -0.1) is 0 Å². The zero-order valence-electron chi connectivity index (χ0n) is 9.75. The highest BCUT2D eigenvalue weighted by Gasteiger charge is 2.41. The summed E-state index contributed by atoms with van der Waals surface area (Å²) in [7, 11) is 0. The van der Waals surface area contributed by atoms with Crippen LogP contribution in [-0.4, -0.2) is 23.3 Å². The molecule has 96 valence electrons. The number of halogens is 2. The van der Waals surface area contributed by atoms with Crippen LogP contribution in [-0.2, 0) is 10.3 Å². The zero-order valence-corrected chi connectivity index (χ0v) is 10.5. The van der Waals surface area contributed by atoms with Crippen LogP contribution in [0.15, 0.2) is 12.6 Å². The second kappa shape index (κ2) is 4.02. The van der Waals surface area contributed by atoms with Gasteiger partial charge in [-0.05, 0) is 30.4 Å². The molecule has 3 nitrogen and oxygen atoms in total. The molecule has 0 spiro atoms. The molecular formula is C13H13ClFNO2. The second-order valence-corrected chi connectivity index (χ2v) is 5.34. The van der Waals surface area contributed by atoms with Gasteiger partial charge in [0.15, 0.2) is 11.0 Å². The van der Waals surface area contributed by atoms with Gasteiger partial charge in [-0.1, -0.05) is 18.2 Å². The Balaban J connectivity index is 2.04. The minimum Gasteiger partial charge on any atom is -0.380 e. The van der Waals surface area contributed by atoms with Crippen molar-refractivity contribution in [2.45, 2.75) is 18.4 Å². The van der Waals surface area contributed by atoms with Crippen LogP contribution in [0.25, 0.3) is 5.57 Å². The lowest BCUT2D eigenvalue weighted by Gasteiger charge is -2.37. The third-order valence-electron chi connectivity index (χ3n) is 3.50. The highest BCUT2D eigenvalue weighted by Crippen LogP contribution is 2.42. The molecule has 3 rings (SSSR count). The molecule has 0 radical (unpaired) electrons. The highest BCUT2D eigenvalue weighted by atomic mass is 35.5. The fourth-order valence-electron chi connectivity index (χ4n) is 2.09. The van der Waals surface area contributed by atoms with E-state index in [1.807, 2.05) is 0 Å². The fourth-order valence-corrected chi connectivity index (χ4v) is 2.29. The maximum absolute atomic E-state index is 13.9. The first kappa shape index (κ1) is 12.1. The maximum Gasteiger partial charge on any atom is 0.166 e. The van der Waals surface area contributed by atoms with Gasteiger partial charge in [0, 0.05) is 5.56 Å². The first-order chi connectivity index (χ1) is 8.51. The van der Waals surface area contributed by atoms with Crippen LogP contribution >= 0.6 is 11.6 Å². The number of allylic oxidation sites excluding steroid dienone is 1. The number of hydrogen-bond donors (Lipinski definition) is 1. The van der Waals surface area contributed by atoms with Crippen LogP contribution in [0.4, 0.5) is 4.39 Å². The van der Waals surface area contributed by atoms with Crippen LogP contribution in [0.1, 0.15) is 24.1 Å². The van der Waals surface area contributed by atoms with Gasteiger partial charge < -0.3 is 9.84 Å². The molecule has 2 heterocycles. The van der Waals surface area contributed by atoms with Gasteiger partial charge in [-0.2, -0.15) is 0 Å². The zero-order chi connectivity index (χ0) is 12.9. The van der Waals surface area contributed by atoms with Crippen molar-refractivity contribution in [3.05, 3.63) is 34.9 Å². The van der Waals surface area contributed by atoms with Crippen molar-refractivity contribution in [1.29, 1.82) is 0 Å². The lowest BCUT2D eigenvalue weighted by atomic mass is 9.91. The number of hydrogen-bond acceptors (Lipinski definition) is 3. The molecule has 1 saturated carbocycles. The van der Waals surface area contributed by atoms with Crippen LogP contribution in [0.3, 0.4) is 0 Å². The fraction of sp³-hybridized carbons (Fsp3) is 0.462. The van der Waals surface area contributed by atoms with Crippen molar-refractivity contribution in [3.8, 4) is 0 Å². The van der Waals surface area contributed by atoms with E-state index in [1.165, 1.54) is 0 Å². The van der Waals surface area contributed by atoms with Gasteiger partial charge in [-0.25, -0.2) is 9.37 Å². The van der Waals surface area contributed by atoms with Gasteiger partial charge in [0.05, 0.1) is 18.9 Å². The maximum atomic E-state index is 13.9. The van der Waals surface area contributed by atoms with Gasteiger partial charge in [0.2, 0.25) is 0 Å². The van der Waals surface area contributed by atoms with Crippen molar-refractivity contribution in [2.24, 2.45) is 5.92 Å². The van der Waals surface area contributed by atoms with E-state index in [1.54, 1.807) is 6.07 Å². The van der Waals surface area contributed by atoms with Gasteiger partial charge in [0.25, 0.3) is 0 Å². The Labute approximate surface area is 109 Å². The number of nitrogens with zero attached hydrogens (tertiary/aromatic N) is 1. The predicted octanol–water partition coefficient (Wildman–Crippen LogP) is 2.52. The normalized spacial score (nSPS) is 21.5. The number of ether oxygens (including phenoxy) is 1. The minimum absolute atomic E-state index is 0.0829. The van der Waals surface area contributed by atoms with E-state index in [2.05, 4.69) is 11.6 Å². The van der Waals surface area contributed by atoms with Crippen LogP contribution in [0.5, 0.6) is 0 Å². The summed E-state index contributed by atoms with van der Waals surface area (Å²) in [5, 5.41) is 9.95. The molecule has 18 heavy (non-hydrogen) atoms. The number of aromatic nitrogens is 1. The number of rotatable bonds is 3. The molecule has 1 aliphatic carbocycles. The number of pyridine rings is 1. The summed E-state index contributed by atoms with van der Waals surface area (Å²) in [5.41, 5.74) is 0.307. The molecular weight excluding hydrogens is 257 g/mol. The third kappa shape index (κ3) is 1.85. The van der Waals surface area contributed by atoms with Crippen molar-refractivity contribution in [3.63, 3.8) is 0 Å². The summed E-state index contributed by atoms with van der Waals surface area (Å²) in [4.78, 5) is 4.01. The summed E-state index contributed by atoms with van der Waals surface area (Å²) < 4.78 is 18.9. The molecule has 1 saturated heterocycles. The standard InChI is InChI=1S/C13H13ClFNO2/c1-7(8-2-3-8)10-4-9(11(15)12(14)16-10)13(17)5-18-6-13/h4,8,17H,1-3,5-6H2. The Morgan fingerprint density at radius 2 is 2.22 bits per heavy atom. The summed E-state index contributed by atoms with van der Waals surface area (Å²) in [5.74, 6) is -0.256. The lowest BCUT2D eigenvalue weighted by Crippen LogP contribution is -2.47. The molecule has 2 fully saturated rings. The minimum atomic E-state index is -1.28. The quantitative estimate of drug-likeness (QED) is 0.858. The molecule has 0 atom stereocenters. The number of aliphatic hydroxyl groups is 1. The van der Waals surface area contributed by atoms with Crippen molar-refractivity contribution < 1.29 is 14.2 Å². The van der Waals surface area contributed by atoms with Gasteiger partial charge in [-0.3, -0.25) is 0 Å². The van der Waals surface area contributed by atoms with E-state index >= 15 is 0 Å². The topological polar surface area (TPSA) is 42.4 Å². The van der Waals surface area contributed by atoms with E-state index in [0.717, 1.165) is 18.4 Å². The van der Waals surface area contributed by atoms with E-state index in [0.29, 0.717) is 11.6 Å². The summed E-state index contributed by atoms with van der Waals surface area (Å²) >= 11 is 5.80. The Morgan fingerprint density at radius 3 is 2.72 bits per heavy atom. The first-order valence-corrected chi connectivity index (χ1v) is 6.25. The van der Waals surface area contributed by atoms with Crippen molar-refractivity contribution in [2.75, 3.05) is 13.2 Å². The molecule has 1 aromatic rings. The molecule has 0 unspecified atom stereocenters. The van der Waals surface area contributed by atoms with Crippen LogP contribution in [0.2, 0.25) is 5.15 Å². The lowest BCUT2D eigenvalue weighted by molar-refractivity contribution is -0.186. The molecule has 1 aliphatic heterocycles. The molecule has 5 heteroatoms. The Morgan fingerprint density at radius 1 is 1.56 bits per heavy atom. The molecule has 0 aromatic carbocycles. The molecule has 1 aromatic heterocycles.